The van der Waals surface area contributed by atoms with Crippen LogP contribution in [0.2, 0.25) is 0 Å². The van der Waals surface area contributed by atoms with Crippen molar-refractivity contribution >= 4 is 11.6 Å². The van der Waals surface area contributed by atoms with Crippen molar-refractivity contribution in [2.24, 2.45) is 5.16 Å². The molecule has 0 aromatic heterocycles. The van der Waals surface area contributed by atoms with E-state index in [0.717, 1.165) is 5.56 Å². The Bertz CT molecular complexity index is 588. The van der Waals surface area contributed by atoms with Crippen LogP contribution >= 0.6 is 0 Å². The van der Waals surface area contributed by atoms with Crippen molar-refractivity contribution in [1.82, 2.24) is 5.32 Å². The Balaban J connectivity index is 2.06. The molecule has 7 nitrogen and oxygen atoms in total. The summed E-state index contributed by atoms with van der Waals surface area (Å²) in [6, 6.07) is 5.32. The van der Waals surface area contributed by atoms with Gasteiger partial charge in [0.1, 0.15) is 11.5 Å². The highest BCUT2D eigenvalue weighted by molar-refractivity contribution is 6.06. The van der Waals surface area contributed by atoms with Crippen molar-refractivity contribution < 1.29 is 23.8 Å². The second-order valence-electron chi connectivity index (χ2n) is 5.27. The Kier molecular flexibility index (Phi) is 5.81. The van der Waals surface area contributed by atoms with Crippen molar-refractivity contribution in [2.75, 3.05) is 27.9 Å². The largest absolute Gasteiger partial charge is 0.497 e. The van der Waals surface area contributed by atoms with Gasteiger partial charge in [-0.3, -0.25) is 4.79 Å². The fourth-order valence-electron chi connectivity index (χ4n) is 2.34. The molecule has 0 spiro atoms. The van der Waals surface area contributed by atoms with Crippen LogP contribution in [0.4, 0.5) is 0 Å². The quantitative estimate of drug-likeness (QED) is 0.820. The van der Waals surface area contributed by atoms with E-state index in [1.54, 1.807) is 33.5 Å². The molecule has 1 N–H and O–H groups in total. The zero-order valence-corrected chi connectivity index (χ0v) is 13.8. The van der Waals surface area contributed by atoms with Gasteiger partial charge in [-0.15, -0.1) is 0 Å². The van der Waals surface area contributed by atoms with Crippen molar-refractivity contribution in [3.05, 3.63) is 23.8 Å². The van der Waals surface area contributed by atoms with E-state index in [4.69, 9.17) is 19.0 Å². The van der Waals surface area contributed by atoms with E-state index in [1.165, 1.54) is 0 Å². The maximum absolute atomic E-state index is 12.2. The molecule has 0 bridgehead atoms. The van der Waals surface area contributed by atoms with Crippen LogP contribution < -0.4 is 14.8 Å². The van der Waals surface area contributed by atoms with Gasteiger partial charge in [0.2, 0.25) is 6.10 Å². The Morgan fingerprint density at radius 3 is 2.83 bits per heavy atom. The van der Waals surface area contributed by atoms with Crippen LogP contribution in [0.3, 0.4) is 0 Å². The highest BCUT2D eigenvalue weighted by atomic mass is 16.6. The molecule has 0 saturated carbocycles. The van der Waals surface area contributed by atoms with Crippen LogP contribution in [0.1, 0.15) is 18.9 Å². The minimum absolute atomic E-state index is 0.0912. The van der Waals surface area contributed by atoms with Crippen LogP contribution in [0, 0.1) is 0 Å². The number of carbonyl (C=O) groups excluding carboxylic acids is 1. The first-order valence-electron chi connectivity index (χ1n) is 7.33. The third kappa shape index (κ3) is 4.13. The molecule has 126 valence electrons. The molecular weight excluding hydrogens is 300 g/mol. The fourth-order valence-corrected chi connectivity index (χ4v) is 2.34. The van der Waals surface area contributed by atoms with E-state index < -0.39 is 6.10 Å². The van der Waals surface area contributed by atoms with E-state index in [2.05, 4.69) is 10.5 Å². The summed E-state index contributed by atoms with van der Waals surface area (Å²) in [5.41, 5.74) is 1.41. The first-order valence-corrected chi connectivity index (χ1v) is 7.33. The molecule has 0 saturated heterocycles. The first kappa shape index (κ1) is 17.1. The number of oxime groups is 1. The summed E-state index contributed by atoms with van der Waals surface area (Å²) < 4.78 is 15.6. The summed E-state index contributed by atoms with van der Waals surface area (Å²) in [6.07, 6.45) is -0.282. The van der Waals surface area contributed by atoms with E-state index in [-0.39, 0.29) is 11.9 Å². The Labute approximate surface area is 135 Å². The highest BCUT2D eigenvalue weighted by Crippen LogP contribution is 2.28. The second-order valence-corrected chi connectivity index (χ2v) is 5.27. The molecule has 1 aromatic rings. The minimum Gasteiger partial charge on any atom is -0.497 e. The smallest absolute Gasteiger partial charge is 0.264 e. The van der Waals surface area contributed by atoms with Crippen molar-refractivity contribution in [2.45, 2.75) is 25.5 Å². The summed E-state index contributed by atoms with van der Waals surface area (Å²) in [5, 5.41) is 6.86. The summed E-state index contributed by atoms with van der Waals surface area (Å²) >= 11 is 0. The number of methoxy groups -OCH3 is 3. The van der Waals surface area contributed by atoms with Crippen LogP contribution in [-0.2, 0) is 14.4 Å². The molecular formula is C16H22N2O5. The number of ether oxygens (including phenoxy) is 3. The summed E-state index contributed by atoms with van der Waals surface area (Å²) in [4.78, 5) is 17.4. The molecule has 1 aliphatic heterocycles. The topological polar surface area (TPSA) is 78.4 Å². The average Bonchev–Trinajstić information content (AvgIpc) is 3.04. The maximum atomic E-state index is 12.2. The number of amides is 1. The Hall–Kier alpha value is -2.28. The van der Waals surface area contributed by atoms with Gasteiger partial charge in [-0.25, -0.2) is 0 Å². The number of benzene rings is 1. The molecule has 1 heterocycles. The van der Waals surface area contributed by atoms with E-state index in [1.807, 2.05) is 13.0 Å². The van der Waals surface area contributed by atoms with Gasteiger partial charge in [0.15, 0.2) is 0 Å². The van der Waals surface area contributed by atoms with E-state index >= 15 is 0 Å². The molecule has 0 aliphatic carbocycles. The number of nitrogens with zero attached hydrogens (tertiary/aromatic N) is 1. The lowest BCUT2D eigenvalue weighted by atomic mass is 10.0. The zero-order chi connectivity index (χ0) is 16.8. The molecule has 1 amide bonds. The summed E-state index contributed by atoms with van der Waals surface area (Å²) in [6.45, 7) is 2.30. The van der Waals surface area contributed by atoms with E-state index in [0.29, 0.717) is 30.2 Å². The van der Waals surface area contributed by atoms with Gasteiger partial charge in [0.25, 0.3) is 5.91 Å². The Morgan fingerprint density at radius 1 is 1.39 bits per heavy atom. The fraction of sp³-hybridized carbons (Fsp3) is 0.500. The van der Waals surface area contributed by atoms with Gasteiger partial charge < -0.3 is 24.4 Å². The lowest BCUT2D eigenvalue weighted by Crippen LogP contribution is -2.42. The zero-order valence-electron chi connectivity index (χ0n) is 13.8. The van der Waals surface area contributed by atoms with Crippen molar-refractivity contribution in [1.29, 1.82) is 0 Å². The molecule has 0 radical (unpaired) electrons. The molecule has 23 heavy (non-hydrogen) atoms. The third-order valence-corrected chi connectivity index (χ3v) is 3.48. The van der Waals surface area contributed by atoms with Crippen LogP contribution in [0.5, 0.6) is 11.5 Å². The van der Waals surface area contributed by atoms with Crippen LogP contribution in [-0.4, -0.2) is 51.7 Å². The van der Waals surface area contributed by atoms with Gasteiger partial charge in [-0.05, 0) is 25.1 Å². The number of hydrogen-bond donors (Lipinski definition) is 1. The van der Waals surface area contributed by atoms with Crippen molar-refractivity contribution in [3.63, 3.8) is 0 Å². The molecule has 2 atom stereocenters. The number of rotatable bonds is 7. The lowest BCUT2D eigenvalue weighted by Gasteiger charge is -2.15. The number of carbonyl (C=O) groups is 1. The maximum Gasteiger partial charge on any atom is 0.264 e. The van der Waals surface area contributed by atoms with E-state index in [9.17, 15) is 4.79 Å². The second kappa shape index (κ2) is 7.82. The average molecular weight is 322 g/mol. The van der Waals surface area contributed by atoms with Crippen LogP contribution in [0.15, 0.2) is 23.4 Å². The predicted molar refractivity (Wildman–Crippen MR) is 85.1 cm³/mol. The van der Waals surface area contributed by atoms with Crippen molar-refractivity contribution in [3.8, 4) is 11.5 Å². The molecule has 0 unspecified atom stereocenters. The molecule has 2 rings (SSSR count). The number of nitrogens with one attached hydrogen (secondary N) is 1. The Morgan fingerprint density at radius 2 is 2.17 bits per heavy atom. The standard InChI is InChI=1S/C16H22N2O5/c1-10(9-20-2)17-16(19)15-8-13(18-23-15)12-7-11(21-3)5-6-14(12)22-4/h5-7,10,15H,8-9H2,1-4H3,(H,17,19)/t10-,15-/m0/s1. The van der Waals surface area contributed by atoms with Gasteiger partial charge in [0, 0.05) is 25.1 Å². The summed E-state index contributed by atoms with van der Waals surface area (Å²) in [7, 11) is 4.76. The molecule has 7 heteroatoms. The number of hydrogen-bond acceptors (Lipinski definition) is 6. The molecule has 1 aromatic carbocycles. The normalized spacial score (nSPS) is 17.9. The van der Waals surface area contributed by atoms with Gasteiger partial charge in [-0.2, -0.15) is 0 Å². The SMILES string of the molecule is COC[C@H](C)NC(=O)[C@@H]1CC(c2cc(OC)ccc2OC)=NO1. The van der Waals surface area contributed by atoms with Gasteiger partial charge >= 0.3 is 0 Å². The van der Waals surface area contributed by atoms with Gasteiger partial charge in [0.05, 0.1) is 26.5 Å². The lowest BCUT2D eigenvalue weighted by molar-refractivity contribution is -0.132. The summed E-state index contributed by atoms with van der Waals surface area (Å²) in [5.74, 6) is 1.13. The molecule has 0 fully saturated rings. The predicted octanol–water partition coefficient (Wildman–Crippen LogP) is 1.35. The first-order chi connectivity index (χ1) is 11.1. The minimum atomic E-state index is -0.653. The van der Waals surface area contributed by atoms with Crippen LogP contribution in [0.25, 0.3) is 0 Å². The molecule has 1 aliphatic rings. The van der Waals surface area contributed by atoms with Gasteiger partial charge in [-0.1, -0.05) is 5.16 Å². The third-order valence-electron chi connectivity index (χ3n) is 3.48. The monoisotopic (exact) mass is 322 g/mol. The highest BCUT2D eigenvalue weighted by Gasteiger charge is 2.31.